The van der Waals surface area contributed by atoms with Gasteiger partial charge in [0.05, 0.1) is 28.5 Å². The third-order valence-corrected chi connectivity index (χ3v) is 7.29. The monoisotopic (exact) mass is 468 g/mol. The molecule has 0 radical (unpaired) electrons. The number of anilines is 1. The maximum Gasteiger partial charge on any atom is 0.234 e. The number of nitrogens with one attached hydrogen (secondary N) is 3. The van der Waals surface area contributed by atoms with Crippen LogP contribution in [0, 0.1) is 13.8 Å². The van der Waals surface area contributed by atoms with Gasteiger partial charge in [-0.3, -0.25) is 10.2 Å². The van der Waals surface area contributed by atoms with Crippen molar-refractivity contribution >= 4 is 40.1 Å². The van der Waals surface area contributed by atoms with Crippen molar-refractivity contribution in [3.63, 3.8) is 0 Å². The Kier molecular flexibility index (Phi) is 5.75. The number of thioether (sulfide) groups is 1. The minimum absolute atomic E-state index is 0.0248. The molecule has 0 saturated carbocycles. The summed E-state index contributed by atoms with van der Waals surface area (Å²) in [7, 11) is 0. The lowest BCUT2D eigenvalue weighted by Gasteiger charge is -2.36. The molecule has 3 aliphatic heterocycles. The van der Waals surface area contributed by atoms with Crippen molar-refractivity contribution in [1.29, 1.82) is 0 Å². The van der Waals surface area contributed by atoms with E-state index in [1.165, 1.54) is 28.5 Å². The molecule has 1 saturated heterocycles. The van der Waals surface area contributed by atoms with Gasteiger partial charge in [-0.05, 0) is 43.5 Å². The molecule has 3 unspecified atom stereocenters. The molecular weight excluding hydrogens is 444 g/mol. The van der Waals surface area contributed by atoms with Crippen LogP contribution in [0.2, 0.25) is 5.02 Å². The fourth-order valence-corrected chi connectivity index (χ4v) is 5.32. The molecule has 0 bridgehead atoms. The first-order chi connectivity index (χ1) is 15.5. The summed E-state index contributed by atoms with van der Waals surface area (Å²) in [6, 6.07) is 14.3. The molecule has 9 heteroatoms. The van der Waals surface area contributed by atoms with Crippen LogP contribution in [0.5, 0.6) is 0 Å². The van der Waals surface area contributed by atoms with E-state index < -0.39 is 0 Å². The summed E-state index contributed by atoms with van der Waals surface area (Å²) in [5.74, 6) is 0.134. The van der Waals surface area contributed by atoms with Crippen LogP contribution in [0.1, 0.15) is 29.2 Å². The van der Waals surface area contributed by atoms with Gasteiger partial charge in [0.2, 0.25) is 5.91 Å². The molecule has 0 aliphatic carbocycles. The molecule has 7 nitrogen and oxygen atoms in total. The molecule has 0 aromatic heterocycles. The molecule has 5 rings (SSSR count). The zero-order valence-electron chi connectivity index (χ0n) is 17.9. The van der Waals surface area contributed by atoms with Crippen molar-refractivity contribution in [2.45, 2.75) is 38.5 Å². The minimum Gasteiger partial charge on any atom is -0.324 e. The predicted octanol–water partition coefficient (Wildman–Crippen LogP) is 3.94. The quantitative estimate of drug-likeness (QED) is 0.631. The van der Waals surface area contributed by atoms with E-state index in [0.717, 1.165) is 11.6 Å². The number of rotatable bonds is 4. The van der Waals surface area contributed by atoms with Crippen LogP contribution in [0.3, 0.4) is 0 Å². The molecule has 3 aliphatic rings. The first-order valence-corrected chi connectivity index (χ1v) is 11.9. The number of aryl methyl sites for hydroxylation is 2. The van der Waals surface area contributed by atoms with Gasteiger partial charge in [0.1, 0.15) is 6.17 Å². The lowest BCUT2D eigenvalue weighted by molar-refractivity contribution is -0.113. The van der Waals surface area contributed by atoms with E-state index in [4.69, 9.17) is 11.6 Å². The molecular formula is C23H25ClN6OS. The normalized spacial score (nSPS) is 23.5. The molecule has 1 amide bonds. The Labute approximate surface area is 196 Å². The largest absolute Gasteiger partial charge is 0.324 e. The smallest absolute Gasteiger partial charge is 0.234 e. The topological polar surface area (TPSA) is 72.0 Å². The first kappa shape index (κ1) is 21.2. The van der Waals surface area contributed by atoms with E-state index in [1.54, 1.807) is 12.1 Å². The second-order valence-electron chi connectivity index (χ2n) is 8.24. The predicted molar refractivity (Wildman–Crippen MR) is 130 cm³/mol. The number of carbonyl (C=O) groups is 1. The van der Waals surface area contributed by atoms with Crippen molar-refractivity contribution in [2.75, 3.05) is 11.1 Å². The number of amides is 1. The zero-order valence-corrected chi connectivity index (χ0v) is 19.5. The number of nitrogens with zero attached hydrogens (tertiary/aromatic N) is 3. The number of amidine groups is 1. The Morgan fingerprint density at radius 3 is 2.94 bits per heavy atom. The summed E-state index contributed by atoms with van der Waals surface area (Å²) in [6.45, 7) is 4.29. The van der Waals surface area contributed by atoms with Crippen LogP contribution in [0.15, 0.2) is 60.0 Å². The molecule has 32 heavy (non-hydrogen) atoms. The average molecular weight is 469 g/mol. The molecule has 166 valence electrons. The maximum absolute atomic E-state index is 12.4. The van der Waals surface area contributed by atoms with Crippen LogP contribution in [-0.4, -0.2) is 38.9 Å². The average Bonchev–Trinajstić information content (AvgIpc) is 3.39. The Bertz CT molecular complexity index is 1110. The number of benzene rings is 2. The number of para-hydroxylation sites is 1. The van der Waals surface area contributed by atoms with Crippen LogP contribution in [0.25, 0.3) is 0 Å². The maximum atomic E-state index is 12.4. The third kappa shape index (κ3) is 4.05. The molecule has 3 heterocycles. The molecule has 3 N–H and O–H groups in total. The number of hydrazone groups is 1. The summed E-state index contributed by atoms with van der Waals surface area (Å²) < 4.78 is 0. The molecule has 0 spiro atoms. The van der Waals surface area contributed by atoms with Gasteiger partial charge >= 0.3 is 0 Å². The molecule has 1 fully saturated rings. The second-order valence-corrected chi connectivity index (χ2v) is 9.59. The highest BCUT2D eigenvalue weighted by Crippen LogP contribution is 2.36. The Morgan fingerprint density at radius 1 is 1.25 bits per heavy atom. The number of hydrogen-bond donors (Lipinski definition) is 3. The van der Waals surface area contributed by atoms with E-state index in [-0.39, 0.29) is 29.9 Å². The number of halogens is 1. The van der Waals surface area contributed by atoms with Crippen LogP contribution < -0.4 is 16.2 Å². The van der Waals surface area contributed by atoms with Crippen molar-refractivity contribution in [1.82, 2.24) is 20.8 Å². The Hall–Kier alpha value is -2.68. The summed E-state index contributed by atoms with van der Waals surface area (Å²) in [5.41, 5.74) is 11.4. The first-order valence-electron chi connectivity index (χ1n) is 10.6. The van der Waals surface area contributed by atoms with E-state index in [1.807, 2.05) is 18.3 Å². The van der Waals surface area contributed by atoms with Gasteiger partial charge in [-0.25, -0.2) is 5.43 Å². The fraction of sp³-hybridized carbons (Fsp3) is 0.304. The van der Waals surface area contributed by atoms with E-state index in [9.17, 15) is 4.79 Å². The van der Waals surface area contributed by atoms with Gasteiger partial charge in [0, 0.05) is 12.4 Å². The van der Waals surface area contributed by atoms with Gasteiger partial charge in [-0.15, -0.1) is 0 Å². The summed E-state index contributed by atoms with van der Waals surface area (Å²) in [5, 5.41) is 10.9. The second kappa shape index (κ2) is 8.69. The molecule has 2 aromatic carbocycles. The van der Waals surface area contributed by atoms with Crippen LogP contribution >= 0.6 is 23.4 Å². The van der Waals surface area contributed by atoms with Gasteiger partial charge in [0.25, 0.3) is 0 Å². The molecule has 2 aromatic rings. The van der Waals surface area contributed by atoms with Crippen molar-refractivity contribution < 1.29 is 4.79 Å². The van der Waals surface area contributed by atoms with Gasteiger partial charge < -0.3 is 15.2 Å². The zero-order chi connectivity index (χ0) is 22.2. The van der Waals surface area contributed by atoms with Crippen LogP contribution in [0.4, 0.5) is 5.69 Å². The summed E-state index contributed by atoms with van der Waals surface area (Å²) >= 11 is 7.54. The Morgan fingerprint density at radius 2 is 2.09 bits per heavy atom. The Balaban J connectivity index is 1.21. The lowest BCUT2D eigenvalue weighted by Crippen LogP contribution is -2.54. The number of hydrazine groups is 1. The number of carbonyl (C=O) groups excluding carboxylic acids is 1. The third-order valence-electron chi connectivity index (χ3n) is 6.00. The fourth-order valence-electron chi connectivity index (χ4n) is 4.37. The highest BCUT2D eigenvalue weighted by molar-refractivity contribution is 8.14. The van der Waals surface area contributed by atoms with Gasteiger partial charge in [-0.1, -0.05) is 59.3 Å². The van der Waals surface area contributed by atoms with Gasteiger partial charge in [-0.2, -0.15) is 5.10 Å². The highest BCUT2D eigenvalue weighted by atomic mass is 35.5. The SMILES string of the molecule is Cc1ccc(C)c(C2CC3C4NN=C(SCC(=O)Nc5ccccc5Cl)N4C=CN3N2)c1. The van der Waals surface area contributed by atoms with Crippen LogP contribution in [-0.2, 0) is 4.79 Å². The van der Waals surface area contributed by atoms with E-state index in [0.29, 0.717) is 10.7 Å². The van der Waals surface area contributed by atoms with E-state index in [2.05, 4.69) is 69.4 Å². The number of hydrogen-bond acceptors (Lipinski definition) is 7. The van der Waals surface area contributed by atoms with E-state index >= 15 is 0 Å². The van der Waals surface area contributed by atoms with Crippen molar-refractivity contribution in [2.24, 2.45) is 5.10 Å². The summed E-state index contributed by atoms with van der Waals surface area (Å²) in [4.78, 5) is 14.5. The summed E-state index contributed by atoms with van der Waals surface area (Å²) in [6.07, 6.45) is 5.05. The van der Waals surface area contributed by atoms with Crippen molar-refractivity contribution in [3.8, 4) is 0 Å². The van der Waals surface area contributed by atoms with Crippen molar-refractivity contribution in [3.05, 3.63) is 76.6 Å². The lowest BCUT2D eigenvalue weighted by atomic mass is 9.95. The number of fused-ring (bicyclic) bond motifs is 3. The molecule has 3 atom stereocenters. The van der Waals surface area contributed by atoms with Gasteiger partial charge in [0.15, 0.2) is 5.17 Å². The highest BCUT2D eigenvalue weighted by Gasteiger charge is 2.44. The standard InChI is InChI=1S/C23H25ClN6OS/c1-14-7-8-15(2)16(11-14)19-12-20-22-26-27-23(29(22)9-10-30(20)28-19)32-13-21(31)25-18-6-4-3-5-17(18)24/h3-11,19-20,22,26,28H,12-13H2,1-2H3,(H,25,31). The minimum atomic E-state index is -0.116.